The number of amides is 1. The maximum Gasteiger partial charge on any atom is 0.241 e. The van der Waals surface area contributed by atoms with Crippen LogP contribution in [0.5, 0.6) is 0 Å². The van der Waals surface area contributed by atoms with Crippen molar-refractivity contribution in [2.24, 2.45) is 11.8 Å². The molecule has 1 heterocycles. The molecule has 1 saturated heterocycles. The van der Waals surface area contributed by atoms with Crippen LogP contribution < -0.4 is 5.32 Å². The Hall–Kier alpha value is -0.570. The van der Waals surface area contributed by atoms with E-state index < -0.39 is 0 Å². The topological polar surface area (TPSA) is 32.3 Å². The molecule has 1 saturated carbocycles. The minimum Gasteiger partial charge on any atom is -0.323 e. The number of hydrogen-bond acceptors (Lipinski definition) is 2. The average Bonchev–Trinajstić information content (AvgIpc) is 2.91. The highest BCUT2D eigenvalue weighted by molar-refractivity contribution is 5.84. The van der Waals surface area contributed by atoms with Gasteiger partial charge in [0.25, 0.3) is 0 Å². The molecular formula is C16H30N2O. The maximum absolute atomic E-state index is 12.7. The van der Waals surface area contributed by atoms with E-state index in [1.807, 2.05) is 0 Å². The summed E-state index contributed by atoms with van der Waals surface area (Å²) < 4.78 is 0. The second-order valence-corrected chi connectivity index (χ2v) is 6.87. The van der Waals surface area contributed by atoms with Gasteiger partial charge in [-0.15, -0.1) is 0 Å². The molecule has 0 aromatic heterocycles. The number of rotatable bonds is 5. The van der Waals surface area contributed by atoms with Crippen LogP contribution in [0, 0.1) is 11.8 Å². The van der Waals surface area contributed by atoms with Crippen LogP contribution in [0.25, 0.3) is 0 Å². The van der Waals surface area contributed by atoms with Crippen LogP contribution in [0.1, 0.15) is 66.2 Å². The van der Waals surface area contributed by atoms with Gasteiger partial charge in [0.2, 0.25) is 5.91 Å². The van der Waals surface area contributed by atoms with Crippen LogP contribution >= 0.6 is 0 Å². The molecule has 110 valence electrons. The van der Waals surface area contributed by atoms with Crippen molar-refractivity contribution in [3.63, 3.8) is 0 Å². The Morgan fingerprint density at radius 2 is 2.11 bits per heavy atom. The Morgan fingerprint density at radius 3 is 2.63 bits per heavy atom. The highest BCUT2D eigenvalue weighted by Gasteiger charge is 2.44. The summed E-state index contributed by atoms with van der Waals surface area (Å²) in [6.45, 7) is 8.94. The molecule has 0 spiro atoms. The Kier molecular flexibility index (Phi) is 4.88. The molecule has 2 rings (SSSR count). The van der Waals surface area contributed by atoms with Gasteiger partial charge in [-0.25, -0.2) is 0 Å². The number of carbonyl (C=O) groups excluding carboxylic acids is 1. The molecule has 2 aliphatic rings. The van der Waals surface area contributed by atoms with Crippen LogP contribution in [0.2, 0.25) is 0 Å². The lowest BCUT2D eigenvalue weighted by atomic mass is 10.1. The molecule has 1 N–H and O–H groups in total. The molecule has 4 atom stereocenters. The summed E-state index contributed by atoms with van der Waals surface area (Å²) in [5, 5.41) is 3.59. The Morgan fingerprint density at radius 1 is 1.37 bits per heavy atom. The van der Waals surface area contributed by atoms with Gasteiger partial charge >= 0.3 is 0 Å². The highest BCUT2D eigenvalue weighted by atomic mass is 16.2. The molecule has 0 radical (unpaired) electrons. The zero-order valence-electron chi connectivity index (χ0n) is 13.0. The van der Waals surface area contributed by atoms with E-state index >= 15 is 0 Å². The van der Waals surface area contributed by atoms with Gasteiger partial charge in [0.1, 0.15) is 0 Å². The molecule has 0 aromatic carbocycles. The summed E-state index contributed by atoms with van der Waals surface area (Å²) in [6.07, 6.45) is 7.22. The van der Waals surface area contributed by atoms with Gasteiger partial charge in [-0.2, -0.15) is 0 Å². The van der Waals surface area contributed by atoms with Gasteiger partial charge in [-0.1, -0.05) is 40.5 Å². The quantitative estimate of drug-likeness (QED) is 0.829. The fraction of sp³-hybridized carbons (Fsp3) is 0.938. The monoisotopic (exact) mass is 266 g/mol. The molecule has 4 unspecified atom stereocenters. The molecule has 1 amide bonds. The van der Waals surface area contributed by atoms with Gasteiger partial charge in [-0.3, -0.25) is 10.1 Å². The first-order chi connectivity index (χ1) is 9.04. The summed E-state index contributed by atoms with van der Waals surface area (Å²) >= 11 is 0. The molecule has 2 fully saturated rings. The van der Waals surface area contributed by atoms with Gasteiger partial charge in [0, 0.05) is 6.04 Å². The second-order valence-electron chi connectivity index (χ2n) is 6.87. The Labute approximate surface area is 118 Å². The van der Waals surface area contributed by atoms with E-state index in [-0.39, 0.29) is 12.2 Å². The second kappa shape index (κ2) is 6.25. The van der Waals surface area contributed by atoms with Crippen molar-refractivity contribution < 1.29 is 4.79 Å². The average molecular weight is 266 g/mol. The van der Waals surface area contributed by atoms with E-state index in [0.717, 1.165) is 25.2 Å². The normalized spacial score (nSPS) is 35.6. The Bertz CT molecular complexity index is 316. The summed E-state index contributed by atoms with van der Waals surface area (Å²) in [7, 11) is 0. The summed E-state index contributed by atoms with van der Waals surface area (Å²) in [6, 6.07) is 0.553. The van der Waals surface area contributed by atoms with E-state index in [4.69, 9.17) is 0 Å². The lowest BCUT2D eigenvalue weighted by molar-refractivity contribution is -0.133. The maximum atomic E-state index is 12.7. The number of nitrogens with zero attached hydrogens (tertiary/aromatic N) is 1. The SMILES string of the molecule is CCCCC1NC(C(C)C)N(C2CCC(C)C2)C1=O. The third kappa shape index (κ3) is 3.13. The summed E-state index contributed by atoms with van der Waals surface area (Å²) in [4.78, 5) is 14.9. The highest BCUT2D eigenvalue weighted by Crippen LogP contribution is 2.34. The van der Waals surface area contributed by atoms with Gasteiger partial charge in [-0.05, 0) is 37.5 Å². The predicted octanol–water partition coefficient (Wildman–Crippen LogP) is 3.15. The molecule has 0 bridgehead atoms. The minimum atomic E-state index is 0.0725. The fourth-order valence-corrected chi connectivity index (χ4v) is 3.64. The van der Waals surface area contributed by atoms with Crippen molar-refractivity contribution >= 4 is 5.91 Å². The van der Waals surface area contributed by atoms with Gasteiger partial charge in [0.05, 0.1) is 12.2 Å². The first kappa shape index (κ1) is 14.8. The molecule has 0 aromatic rings. The Balaban J connectivity index is 2.07. The first-order valence-electron chi connectivity index (χ1n) is 8.12. The molecule has 1 aliphatic carbocycles. The van der Waals surface area contributed by atoms with Crippen molar-refractivity contribution in [1.29, 1.82) is 0 Å². The first-order valence-corrected chi connectivity index (χ1v) is 8.12. The predicted molar refractivity (Wildman–Crippen MR) is 78.7 cm³/mol. The fourth-order valence-electron chi connectivity index (χ4n) is 3.64. The number of carbonyl (C=O) groups is 1. The van der Waals surface area contributed by atoms with Crippen molar-refractivity contribution in [3.8, 4) is 0 Å². The lowest BCUT2D eigenvalue weighted by Gasteiger charge is -2.32. The number of nitrogens with one attached hydrogen (secondary N) is 1. The van der Waals surface area contributed by atoms with Crippen molar-refractivity contribution in [3.05, 3.63) is 0 Å². The van der Waals surface area contributed by atoms with Gasteiger partial charge in [0.15, 0.2) is 0 Å². The molecule has 3 heteroatoms. The standard InChI is InChI=1S/C16H30N2O/c1-5-6-7-14-16(19)18(15(17-14)11(2)3)13-9-8-12(4)10-13/h11-15,17H,5-10H2,1-4H3. The number of unbranched alkanes of at least 4 members (excludes halogenated alkanes) is 1. The molecule has 19 heavy (non-hydrogen) atoms. The van der Waals surface area contributed by atoms with Crippen molar-refractivity contribution in [1.82, 2.24) is 10.2 Å². The van der Waals surface area contributed by atoms with Crippen LogP contribution in [-0.2, 0) is 4.79 Å². The van der Waals surface area contributed by atoms with E-state index in [2.05, 4.69) is 37.9 Å². The minimum absolute atomic E-state index is 0.0725. The zero-order valence-corrected chi connectivity index (χ0v) is 13.0. The van der Waals surface area contributed by atoms with Crippen molar-refractivity contribution in [2.75, 3.05) is 0 Å². The third-order valence-electron chi connectivity index (χ3n) is 4.76. The zero-order chi connectivity index (χ0) is 14.0. The van der Waals surface area contributed by atoms with Gasteiger partial charge < -0.3 is 4.90 Å². The largest absolute Gasteiger partial charge is 0.323 e. The van der Waals surface area contributed by atoms with E-state index in [1.54, 1.807) is 0 Å². The molecule has 3 nitrogen and oxygen atoms in total. The van der Waals surface area contributed by atoms with Crippen LogP contribution in [0.15, 0.2) is 0 Å². The third-order valence-corrected chi connectivity index (χ3v) is 4.76. The number of hydrogen-bond donors (Lipinski definition) is 1. The van der Waals surface area contributed by atoms with E-state index in [9.17, 15) is 4.79 Å². The van der Waals surface area contributed by atoms with Crippen LogP contribution in [0.4, 0.5) is 0 Å². The van der Waals surface area contributed by atoms with E-state index in [1.165, 1.54) is 19.3 Å². The smallest absolute Gasteiger partial charge is 0.241 e. The molecule has 1 aliphatic heterocycles. The van der Waals surface area contributed by atoms with Crippen LogP contribution in [-0.4, -0.2) is 29.1 Å². The molecular weight excluding hydrogens is 236 g/mol. The summed E-state index contributed by atoms with van der Waals surface area (Å²) in [5.74, 6) is 1.64. The lowest BCUT2D eigenvalue weighted by Crippen LogP contribution is -2.46. The van der Waals surface area contributed by atoms with Crippen molar-refractivity contribution in [2.45, 2.75) is 84.5 Å². The van der Waals surface area contributed by atoms with E-state index in [0.29, 0.717) is 17.9 Å². The summed E-state index contributed by atoms with van der Waals surface area (Å²) in [5.41, 5.74) is 0. The van der Waals surface area contributed by atoms with Crippen LogP contribution in [0.3, 0.4) is 0 Å².